The monoisotopic (exact) mass is 217 g/mol. The summed E-state index contributed by atoms with van der Waals surface area (Å²) >= 11 is 0. The summed E-state index contributed by atoms with van der Waals surface area (Å²) in [5, 5.41) is 4.10. The van der Waals surface area contributed by atoms with Gasteiger partial charge in [-0.05, 0) is 23.8 Å². The highest BCUT2D eigenvalue weighted by atomic mass is 16.5. The molecule has 2 rings (SSSR count). The van der Waals surface area contributed by atoms with Crippen molar-refractivity contribution in [2.45, 2.75) is 13.1 Å². The molecule has 0 radical (unpaired) electrons. The smallest absolute Gasteiger partial charge is 0.119 e. The number of hydrogen-bond donors (Lipinski definition) is 1. The predicted molar refractivity (Wildman–Crippen MR) is 62.1 cm³/mol. The number of nitrogens with two attached hydrogens (primary N) is 1. The minimum absolute atomic E-state index is 0.538. The van der Waals surface area contributed by atoms with Crippen LogP contribution in [0.15, 0.2) is 42.7 Å². The van der Waals surface area contributed by atoms with Crippen molar-refractivity contribution >= 4 is 0 Å². The summed E-state index contributed by atoms with van der Waals surface area (Å²) in [5.41, 5.74) is 6.64. The van der Waals surface area contributed by atoms with Crippen LogP contribution in [0.2, 0.25) is 0 Å². The number of ether oxygens (including phenoxy) is 1. The van der Waals surface area contributed by atoms with Crippen molar-refractivity contribution in [2.24, 2.45) is 5.73 Å². The fraction of sp³-hybridized carbons (Fsp3) is 0.250. The van der Waals surface area contributed by atoms with Gasteiger partial charge in [0, 0.05) is 18.9 Å². The Morgan fingerprint density at radius 1 is 1.31 bits per heavy atom. The predicted octanol–water partition coefficient (Wildman–Crippen LogP) is 1.42. The number of benzene rings is 1. The molecule has 16 heavy (non-hydrogen) atoms. The maximum Gasteiger partial charge on any atom is 0.119 e. The summed E-state index contributed by atoms with van der Waals surface area (Å²) < 4.78 is 7.45. The summed E-state index contributed by atoms with van der Waals surface area (Å²) in [5.74, 6) is 0.857. The van der Waals surface area contributed by atoms with Crippen LogP contribution in [0.1, 0.15) is 5.56 Å². The highest BCUT2D eigenvalue weighted by Gasteiger charge is 1.96. The van der Waals surface area contributed by atoms with E-state index in [1.807, 2.05) is 41.2 Å². The summed E-state index contributed by atoms with van der Waals surface area (Å²) in [7, 11) is 0. The molecule has 4 nitrogen and oxygen atoms in total. The van der Waals surface area contributed by atoms with Crippen LogP contribution in [-0.4, -0.2) is 16.4 Å². The van der Waals surface area contributed by atoms with E-state index in [1.54, 1.807) is 6.20 Å². The number of rotatable bonds is 5. The summed E-state index contributed by atoms with van der Waals surface area (Å²) in [4.78, 5) is 0. The molecule has 0 bridgehead atoms. The lowest BCUT2D eigenvalue weighted by Gasteiger charge is -2.07. The lowest BCUT2D eigenvalue weighted by atomic mass is 10.2. The SMILES string of the molecule is NCc1cccc(OCCn2cccn2)c1. The Balaban J connectivity index is 1.85. The van der Waals surface area contributed by atoms with Gasteiger partial charge in [-0.1, -0.05) is 12.1 Å². The summed E-state index contributed by atoms with van der Waals surface area (Å²) in [6.07, 6.45) is 3.68. The van der Waals surface area contributed by atoms with Gasteiger partial charge in [-0.2, -0.15) is 5.10 Å². The average Bonchev–Trinajstić information content (AvgIpc) is 2.82. The molecule has 0 aliphatic heterocycles. The van der Waals surface area contributed by atoms with Crippen LogP contribution in [0.3, 0.4) is 0 Å². The summed E-state index contributed by atoms with van der Waals surface area (Å²) in [6, 6.07) is 9.73. The van der Waals surface area contributed by atoms with Crippen molar-refractivity contribution in [1.29, 1.82) is 0 Å². The van der Waals surface area contributed by atoms with Crippen LogP contribution in [0.5, 0.6) is 5.75 Å². The van der Waals surface area contributed by atoms with E-state index >= 15 is 0 Å². The fourth-order valence-electron chi connectivity index (χ4n) is 1.45. The van der Waals surface area contributed by atoms with Crippen molar-refractivity contribution in [3.63, 3.8) is 0 Å². The van der Waals surface area contributed by atoms with E-state index in [2.05, 4.69) is 5.10 Å². The molecule has 0 aliphatic rings. The summed E-state index contributed by atoms with van der Waals surface area (Å²) in [6.45, 7) is 1.89. The molecule has 1 aromatic carbocycles. The maximum absolute atomic E-state index is 5.61. The molecular formula is C12H15N3O. The average molecular weight is 217 g/mol. The lowest BCUT2D eigenvalue weighted by Crippen LogP contribution is -2.08. The van der Waals surface area contributed by atoms with E-state index in [0.717, 1.165) is 17.9 Å². The van der Waals surface area contributed by atoms with Gasteiger partial charge in [0.1, 0.15) is 12.4 Å². The first kappa shape index (κ1) is 10.7. The molecule has 2 N–H and O–H groups in total. The zero-order chi connectivity index (χ0) is 11.2. The van der Waals surface area contributed by atoms with Gasteiger partial charge < -0.3 is 10.5 Å². The second kappa shape index (κ2) is 5.32. The van der Waals surface area contributed by atoms with E-state index < -0.39 is 0 Å². The van der Waals surface area contributed by atoms with E-state index in [4.69, 9.17) is 10.5 Å². The van der Waals surface area contributed by atoms with Gasteiger partial charge in [0.25, 0.3) is 0 Å². The maximum atomic E-state index is 5.61. The van der Waals surface area contributed by atoms with Crippen molar-refractivity contribution < 1.29 is 4.74 Å². The highest BCUT2D eigenvalue weighted by molar-refractivity contribution is 5.28. The van der Waals surface area contributed by atoms with Crippen LogP contribution in [0, 0.1) is 0 Å². The van der Waals surface area contributed by atoms with E-state index in [1.165, 1.54) is 0 Å². The fourth-order valence-corrected chi connectivity index (χ4v) is 1.45. The second-order valence-electron chi connectivity index (χ2n) is 3.47. The van der Waals surface area contributed by atoms with Crippen LogP contribution in [0.4, 0.5) is 0 Å². The molecule has 0 aliphatic carbocycles. The number of hydrogen-bond acceptors (Lipinski definition) is 3. The molecule has 4 heteroatoms. The Hall–Kier alpha value is -1.81. The van der Waals surface area contributed by atoms with Crippen LogP contribution >= 0.6 is 0 Å². The molecule has 0 fully saturated rings. The molecule has 0 spiro atoms. The Morgan fingerprint density at radius 2 is 2.25 bits per heavy atom. The first-order valence-corrected chi connectivity index (χ1v) is 5.28. The van der Waals surface area contributed by atoms with E-state index in [9.17, 15) is 0 Å². The molecule has 0 atom stereocenters. The van der Waals surface area contributed by atoms with E-state index in [0.29, 0.717) is 13.2 Å². The zero-order valence-corrected chi connectivity index (χ0v) is 9.04. The zero-order valence-electron chi connectivity index (χ0n) is 9.04. The van der Waals surface area contributed by atoms with Crippen LogP contribution in [0.25, 0.3) is 0 Å². The van der Waals surface area contributed by atoms with Gasteiger partial charge in [0.05, 0.1) is 6.54 Å². The van der Waals surface area contributed by atoms with Crippen molar-refractivity contribution in [2.75, 3.05) is 6.61 Å². The van der Waals surface area contributed by atoms with Crippen molar-refractivity contribution in [3.8, 4) is 5.75 Å². The standard InChI is InChI=1S/C12H15N3O/c13-10-11-3-1-4-12(9-11)16-8-7-15-6-2-5-14-15/h1-6,9H,7-8,10,13H2. The molecule has 0 saturated heterocycles. The third-order valence-electron chi connectivity index (χ3n) is 2.28. The van der Waals surface area contributed by atoms with Crippen LogP contribution in [-0.2, 0) is 13.1 Å². The molecule has 2 aromatic rings. The van der Waals surface area contributed by atoms with Crippen molar-refractivity contribution in [1.82, 2.24) is 9.78 Å². The third kappa shape index (κ3) is 2.84. The van der Waals surface area contributed by atoms with E-state index in [-0.39, 0.29) is 0 Å². The van der Waals surface area contributed by atoms with Gasteiger partial charge in [-0.25, -0.2) is 0 Å². The van der Waals surface area contributed by atoms with Gasteiger partial charge in [-0.15, -0.1) is 0 Å². The topological polar surface area (TPSA) is 53.1 Å². The van der Waals surface area contributed by atoms with Crippen LogP contribution < -0.4 is 10.5 Å². The normalized spacial score (nSPS) is 10.3. The van der Waals surface area contributed by atoms with Crippen molar-refractivity contribution in [3.05, 3.63) is 48.3 Å². The lowest BCUT2D eigenvalue weighted by molar-refractivity contribution is 0.291. The van der Waals surface area contributed by atoms with Gasteiger partial charge in [-0.3, -0.25) is 4.68 Å². The molecule has 0 unspecified atom stereocenters. The largest absolute Gasteiger partial charge is 0.492 e. The van der Waals surface area contributed by atoms with Gasteiger partial charge in [0.2, 0.25) is 0 Å². The molecule has 84 valence electrons. The molecule has 1 aromatic heterocycles. The molecular weight excluding hydrogens is 202 g/mol. The molecule has 0 amide bonds. The quantitative estimate of drug-likeness (QED) is 0.824. The highest BCUT2D eigenvalue weighted by Crippen LogP contribution is 2.12. The molecule has 1 heterocycles. The Bertz CT molecular complexity index is 426. The number of nitrogens with zero attached hydrogens (tertiary/aromatic N) is 2. The Morgan fingerprint density at radius 3 is 3.00 bits per heavy atom. The third-order valence-corrected chi connectivity index (χ3v) is 2.28. The minimum Gasteiger partial charge on any atom is -0.492 e. The second-order valence-corrected chi connectivity index (χ2v) is 3.47. The first-order chi connectivity index (χ1) is 7.88. The number of aromatic nitrogens is 2. The van der Waals surface area contributed by atoms with Gasteiger partial charge >= 0.3 is 0 Å². The Labute approximate surface area is 94.6 Å². The minimum atomic E-state index is 0.538. The Kier molecular flexibility index (Phi) is 3.56. The first-order valence-electron chi connectivity index (χ1n) is 5.28. The van der Waals surface area contributed by atoms with Gasteiger partial charge in [0.15, 0.2) is 0 Å². The molecule has 0 saturated carbocycles.